The van der Waals surface area contributed by atoms with Crippen molar-refractivity contribution in [3.63, 3.8) is 0 Å². The second-order valence-electron chi connectivity index (χ2n) is 4.54. The monoisotopic (exact) mass is 311 g/mol. The molecule has 0 radical (unpaired) electrons. The van der Waals surface area contributed by atoms with Gasteiger partial charge in [-0.1, -0.05) is 22.9 Å². The lowest BCUT2D eigenvalue weighted by Crippen LogP contribution is -2.48. The van der Waals surface area contributed by atoms with Crippen LogP contribution in [0.3, 0.4) is 0 Å². The summed E-state index contributed by atoms with van der Waals surface area (Å²) >= 11 is 3.55. The van der Waals surface area contributed by atoms with E-state index in [0.717, 1.165) is 12.7 Å². The van der Waals surface area contributed by atoms with Crippen molar-refractivity contribution in [2.24, 2.45) is 5.92 Å². The van der Waals surface area contributed by atoms with Crippen molar-refractivity contribution in [3.8, 4) is 0 Å². The van der Waals surface area contributed by atoms with Crippen LogP contribution in [0.15, 0.2) is 0 Å². The molecule has 3 unspecified atom stereocenters. The number of hydrogen-bond donors (Lipinski definition) is 0. The number of carbonyl (C=O) groups is 1. The fraction of sp³-hybridized carbons (Fsp3) is 0.900. The van der Waals surface area contributed by atoms with Gasteiger partial charge in [-0.3, -0.25) is 4.79 Å². The lowest BCUT2D eigenvalue weighted by Gasteiger charge is -2.35. The molecule has 0 aromatic rings. The van der Waals surface area contributed by atoms with Crippen LogP contribution in [0.25, 0.3) is 0 Å². The Kier molecular flexibility index (Phi) is 4.40. The molecule has 3 atom stereocenters. The lowest BCUT2D eigenvalue weighted by atomic mass is 10.00. The minimum absolute atomic E-state index is 0.270. The van der Waals surface area contributed by atoms with Gasteiger partial charge in [-0.15, -0.1) is 0 Å². The third-order valence-corrected chi connectivity index (χ3v) is 5.95. The highest BCUT2D eigenvalue weighted by Gasteiger charge is 2.32. The number of rotatable bonds is 2. The van der Waals surface area contributed by atoms with E-state index in [-0.39, 0.29) is 5.91 Å². The number of nitrogens with zero attached hydrogens (tertiary/aromatic N) is 1. The largest absolute Gasteiger partial charge is 0.341 e. The quantitative estimate of drug-likeness (QED) is 0.716. The van der Waals surface area contributed by atoms with Crippen LogP contribution in [0.1, 0.15) is 20.3 Å². The molecule has 6 heteroatoms. The predicted octanol–water partition coefficient (Wildman–Crippen LogP) is 1.05. The van der Waals surface area contributed by atoms with Gasteiger partial charge in [0.15, 0.2) is 9.84 Å². The van der Waals surface area contributed by atoms with E-state index < -0.39 is 15.1 Å². The van der Waals surface area contributed by atoms with Crippen LogP contribution in [0.5, 0.6) is 0 Å². The molecule has 1 fully saturated rings. The third kappa shape index (κ3) is 3.20. The van der Waals surface area contributed by atoms with E-state index >= 15 is 0 Å². The van der Waals surface area contributed by atoms with E-state index in [2.05, 4.69) is 22.9 Å². The van der Waals surface area contributed by atoms with Gasteiger partial charge in [-0.25, -0.2) is 8.42 Å². The van der Waals surface area contributed by atoms with E-state index in [9.17, 15) is 13.2 Å². The molecule has 0 bridgehead atoms. The molecule has 1 heterocycles. The Morgan fingerprint density at radius 2 is 2.06 bits per heavy atom. The van der Waals surface area contributed by atoms with Crippen molar-refractivity contribution in [2.75, 3.05) is 19.3 Å². The molecule has 1 aliphatic rings. The summed E-state index contributed by atoms with van der Waals surface area (Å²) in [5.74, 6) is 0.0956. The second kappa shape index (κ2) is 5.04. The predicted molar refractivity (Wildman–Crippen MR) is 67.4 cm³/mol. The van der Waals surface area contributed by atoms with Gasteiger partial charge >= 0.3 is 0 Å². The molecule has 0 spiro atoms. The Hall–Kier alpha value is -0.100. The number of amides is 1. The first-order chi connectivity index (χ1) is 7.23. The molecular formula is C10H18BrNO3S. The Bertz CT molecular complexity index is 368. The van der Waals surface area contributed by atoms with Crippen LogP contribution in [0.4, 0.5) is 0 Å². The second-order valence-corrected chi connectivity index (χ2v) is 8.08. The van der Waals surface area contributed by atoms with Gasteiger partial charge in [0.25, 0.3) is 0 Å². The summed E-state index contributed by atoms with van der Waals surface area (Å²) in [6.45, 7) is 4.79. The van der Waals surface area contributed by atoms with Crippen molar-refractivity contribution in [3.05, 3.63) is 0 Å². The van der Waals surface area contributed by atoms with Gasteiger partial charge in [0.2, 0.25) is 5.91 Å². The summed E-state index contributed by atoms with van der Waals surface area (Å²) in [4.78, 5) is 14.0. The van der Waals surface area contributed by atoms with E-state index in [1.807, 2.05) is 0 Å². The molecule has 1 amide bonds. The zero-order valence-electron chi connectivity index (χ0n) is 9.81. The van der Waals surface area contributed by atoms with Crippen molar-refractivity contribution < 1.29 is 13.2 Å². The zero-order valence-corrected chi connectivity index (χ0v) is 12.2. The first-order valence-electron chi connectivity index (χ1n) is 5.35. The van der Waals surface area contributed by atoms with Crippen LogP contribution < -0.4 is 0 Å². The summed E-state index contributed by atoms with van der Waals surface area (Å²) in [6.07, 6.45) is 1.99. The van der Waals surface area contributed by atoms with E-state index in [4.69, 9.17) is 0 Å². The maximum Gasteiger partial charge on any atom is 0.240 e. The molecule has 4 nitrogen and oxygen atoms in total. The Morgan fingerprint density at radius 1 is 1.50 bits per heavy atom. The van der Waals surface area contributed by atoms with Gasteiger partial charge in [0.05, 0.1) is 0 Å². The number of piperidine rings is 1. The minimum atomic E-state index is -3.29. The number of alkyl halides is 1. The standard InChI is InChI=1S/C10H18BrNO3S/c1-7-6-12(5-4-9(7)11)10(13)8(2)16(3,14)15/h7-9H,4-6H2,1-3H3. The highest BCUT2D eigenvalue weighted by atomic mass is 79.9. The molecule has 16 heavy (non-hydrogen) atoms. The average molecular weight is 312 g/mol. The van der Waals surface area contributed by atoms with Crippen LogP contribution in [-0.4, -0.2) is 48.6 Å². The number of halogens is 1. The SMILES string of the molecule is CC1CN(C(=O)C(C)S(C)(=O)=O)CCC1Br. The van der Waals surface area contributed by atoms with Crippen LogP contribution in [0.2, 0.25) is 0 Å². The Morgan fingerprint density at radius 3 is 2.50 bits per heavy atom. The lowest BCUT2D eigenvalue weighted by molar-refractivity contribution is -0.131. The molecule has 1 aliphatic heterocycles. The molecule has 0 aromatic heterocycles. The summed E-state index contributed by atoms with van der Waals surface area (Å²) < 4.78 is 22.6. The van der Waals surface area contributed by atoms with Crippen LogP contribution in [-0.2, 0) is 14.6 Å². The summed E-state index contributed by atoms with van der Waals surface area (Å²) in [5, 5.41) is -0.924. The van der Waals surface area contributed by atoms with Gasteiger partial charge in [0.1, 0.15) is 5.25 Å². The van der Waals surface area contributed by atoms with E-state index in [1.54, 1.807) is 4.90 Å². The van der Waals surface area contributed by atoms with Crippen molar-refractivity contribution in [2.45, 2.75) is 30.3 Å². The Balaban J connectivity index is 2.69. The molecular weight excluding hydrogens is 294 g/mol. The van der Waals surface area contributed by atoms with Crippen LogP contribution >= 0.6 is 15.9 Å². The highest BCUT2D eigenvalue weighted by molar-refractivity contribution is 9.09. The maximum atomic E-state index is 11.9. The summed E-state index contributed by atoms with van der Waals surface area (Å²) in [5.41, 5.74) is 0. The van der Waals surface area contributed by atoms with E-state index in [1.165, 1.54) is 6.92 Å². The topological polar surface area (TPSA) is 54.5 Å². The summed E-state index contributed by atoms with van der Waals surface area (Å²) in [7, 11) is -3.29. The summed E-state index contributed by atoms with van der Waals surface area (Å²) in [6, 6.07) is 0. The molecule has 0 aliphatic carbocycles. The normalized spacial score (nSPS) is 28.9. The zero-order chi connectivity index (χ0) is 12.5. The maximum absolute atomic E-state index is 11.9. The fourth-order valence-electron chi connectivity index (χ4n) is 1.76. The number of sulfone groups is 1. The first-order valence-corrected chi connectivity index (χ1v) is 8.22. The van der Waals surface area contributed by atoms with Crippen molar-refractivity contribution in [1.82, 2.24) is 4.90 Å². The molecule has 1 rings (SSSR count). The third-order valence-electron chi connectivity index (χ3n) is 3.10. The fourth-order valence-corrected chi connectivity index (χ4v) is 2.64. The number of carbonyl (C=O) groups excluding carboxylic acids is 1. The number of hydrogen-bond acceptors (Lipinski definition) is 3. The van der Waals surface area contributed by atoms with Gasteiger partial charge < -0.3 is 4.90 Å². The van der Waals surface area contributed by atoms with Crippen LogP contribution in [0, 0.1) is 5.92 Å². The molecule has 94 valence electrons. The first kappa shape index (κ1) is 14.0. The highest BCUT2D eigenvalue weighted by Crippen LogP contribution is 2.24. The average Bonchev–Trinajstić information content (AvgIpc) is 2.18. The van der Waals surface area contributed by atoms with Gasteiger partial charge in [0, 0.05) is 24.2 Å². The number of likely N-dealkylation sites (tertiary alicyclic amines) is 1. The molecule has 0 saturated carbocycles. The molecule has 0 N–H and O–H groups in total. The minimum Gasteiger partial charge on any atom is -0.341 e. The Labute approximate surface area is 105 Å². The van der Waals surface area contributed by atoms with Crippen molar-refractivity contribution >= 4 is 31.7 Å². The molecule has 1 saturated heterocycles. The smallest absolute Gasteiger partial charge is 0.240 e. The molecule has 0 aromatic carbocycles. The van der Waals surface area contributed by atoms with E-state index in [0.29, 0.717) is 23.8 Å². The van der Waals surface area contributed by atoms with Gasteiger partial charge in [-0.05, 0) is 19.3 Å². The van der Waals surface area contributed by atoms with Crippen molar-refractivity contribution in [1.29, 1.82) is 0 Å². The van der Waals surface area contributed by atoms with Gasteiger partial charge in [-0.2, -0.15) is 0 Å².